The molecule has 2 aromatic rings. The lowest BCUT2D eigenvalue weighted by Crippen LogP contribution is -2.61. The van der Waals surface area contributed by atoms with Crippen LogP contribution in [0.15, 0.2) is 24.4 Å². The van der Waals surface area contributed by atoms with Crippen molar-refractivity contribution in [2.75, 3.05) is 0 Å². The molecule has 4 heteroatoms. The third-order valence-corrected chi connectivity index (χ3v) is 6.68. The second-order valence-corrected chi connectivity index (χ2v) is 8.19. The Hall–Kier alpha value is -1.39. The zero-order valence-corrected chi connectivity index (χ0v) is 13.9. The lowest BCUT2D eigenvalue weighted by molar-refractivity contribution is -0.142. The van der Waals surface area contributed by atoms with E-state index in [1.54, 1.807) is 0 Å². The van der Waals surface area contributed by atoms with E-state index >= 15 is 0 Å². The minimum atomic E-state index is -0.342. The highest BCUT2D eigenvalue weighted by atomic mass is 19.1. The Morgan fingerprint density at radius 2 is 1.83 bits per heavy atom. The van der Waals surface area contributed by atoms with Gasteiger partial charge in [-0.2, -0.15) is 0 Å². The lowest BCUT2D eigenvalue weighted by atomic mass is 9.63. The number of nitrogens with zero attached hydrogens (tertiary/aromatic N) is 1. The van der Waals surface area contributed by atoms with Gasteiger partial charge < -0.3 is 10.1 Å². The number of nitrogens with one attached hydrogen (secondary N) is 1. The molecule has 4 aliphatic rings. The highest BCUT2D eigenvalue weighted by molar-refractivity contribution is 5.83. The van der Waals surface area contributed by atoms with Gasteiger partial charge in [0.1, 0.15) is 12.0 Å². The Kier molecular flexibility index (Phi) is 3.46. The molecule has 4 bridgehead atoms. The number of aryl methyl sites for hydroxylation is 1. The predicted molar refractivity (Wildman–Crippen MR) is 92.1 cm³/mol. The van der Waals surface area contributed by atoms with Gasteiger partial charge in [0.05, 0.1) is 0 Å². The molecule has 2 N–H and O–H groups in total. The van der Waals surface area contributed by atoms with Gasteiger partial charge in [0.25, 0.3) is 0 Å². The number of aliphatic hydroxyl groups is 1. The molecule has 1 unspecified atom stereocenters. The molecule has 0 amide bonds. The molecule has 2 aliphatic heterocycles. The summed E-state index contributed by atoms with van der Waals surface area (Å²) in [6.45, 7) is 0. The fourth-order valence-electron chi connectivity index (χ4n) is 5.85. The number of aromatic nitrogens is 1. The molecule has 3 nitrogen and oxygen atoms in total. The number of halogens is 1. The van der Waals surface area contributed by atoms with Gasteiger partial charge in [-0.15, -0.1) is 0 Å². The van der Waals surface area contributed by atoms with Crippen LogP contribution in [0, 0.1) is 17.7 Å². The number of piperidine rings is 2. The molecule has 24 heavy (non-hydrogen) atoms. The van der Waals surface area contributed by atoms with Crippen molar-refractivity contribution in [3.63, 3.8) is 0 Å². The summed E-state index contributed by atoms with van der Waals surface area (Å²) in [5.74, 6) is 1.62. The van der Waals surface area contributed by atoms with Crippen LogP contribution in [0.2, 0.25) is 0 Å². The second kappa shape index (κ2) is 5.57. The van der Waals surface area contributed by atoms with Crippen molar-refractivity contribution in [1.82, 2.24) is 9.88 Å². The molecule has 3 heterocycles. The van der Waals surface area contributed by atoms with E-state index in [9.17, 15) is 9.50 Å². The molecule has 2 saturated heterocycles. The van der Waals surface area contributed by atoms with Crippen molar-refractivity contribution in [3.05, 3.63) is 35.8 Å². The van der Waals surface area contributed by atoms with Crippen LogP contribution in [0.5, 0.6) is 0 Å². The molecule has 6 rings (SSSR count). The van der Waals surface area contributed by atoms with Crippen molar-refractivity contribution in [2.45, 2.75) is 63.3 Å². The smallest absolute Gasteiger partial charge is 0.125 e. The number of aromatic amines is 1. The monoisotopic (exact) mass is 328 g/mol. The minimum Gasteiger partial charge on any atom is -0.378 e. The van der Waals surface area contributed by atoms with Crippen molar-refractivity contribution in [2.24, 2.45) is 11.8 Å². The minimum absolute atomic E-state index is 0.212. The van der Waals surface area contributed by atoms with E-state index < -0.39 is 0 Å². The molecule has 2 saturated carbocycles. The molecule has 1 aromatic carbocycles. The first-order chi connectivity index (χ1) is 11.7. The molecule has 0 spiro atoms. The molecular formula is C20H25FN2O. The number of H-pyrrole nitrogens is 1. The number of benzene rings is 1. The normalized spacial score (nSPS) is 33.4. The summed E-state index contributed by atoms with van der Waals surface area (Å²) in [6.07, 6.45) is 9.79. The summed E-state index contributed by atoms with van der Waals surface area (Å²) in [5.41, 5.74) is 2.02. The topological polar surface area (TPSA) is 39.3 Å². The number of hydrogen-bond acceptors (Lipinski definition) is 2. The van der Waals surface area contributed by atoms with Crippen LogP contribution < -0.4 is 0 Å². The molecule has 1 atom stereocenters. The first-order valence-corrected chi connectivity index (χ1v) is 9.38. The van der Waals surface area contributed by atoms with Gasteiger partial charge in [0.2, 0.25) is 0 Å². The fourth-order valence-corrected chi connectivity index (χ4v) is 5.85. The van der Waals surface area contributed by atoms with Gasteiger partial charge in [0, 0.05) is 29.2 Å². The highest BCUT2D eigenvalue weighted by Crippen LogP contribution is 2.49. The largest absolute Gasteiger partial charge is 0.378 e. The Morgan fingerprint density at radius 3 is 2.54 bits per heavy atom. The summed E-state index contributed by atoms with van der Waals surface area (Å²) in [4.78, 5) is 5.58. The molecule has 1 aromatic heterocycles. The van der Waals surface area contributed by atoms with E-state index in [4.69, 9.17) is 0 Å². The van der Waals surface area contributed by atoms with Crippen molar-refractivity contribution < 1.29 is 9.50 Å². The van der Waals surface area contributed by atoms with E-state index in [1.165, 1.54) is 49.8 Å². The number of fused-ring (bicyclic) bond motifs is 1. The van der Waals surface area contributed by atoms with Crippen LogP contribution in [0.1, 0.15) is 44.1 Å². The first-order valence-electron chi connectivity index (χ1n) is 9.38. The average Bonchev–Trinajstić information content (AvgIpc) is 2.94. The van der Waals surface area contributed by atoms with Crippen molar-refractivity contribution in [1.29, 1.82) is 0 Å². The maximum Gasteiger partial charge on any atom is 0.125 e. The maximum absolute atomic E-state index is 13.3. The van der Waals surface area contributed by atoms with Crippen LogP contribution in [-0.2, 0) is 6.42 Å². The zero-order valence-electron chi connectivity index (χ0n) is 13.9. The summed E-state index contributed by atoms with van der Waals surface area (Å²) in [5, 5.41) is 11.9. The third kappa shape index (κ3) is 2.39. The molecule has 128 valence electrons. The predicted octanol–water partition coefficient (Wildman–Crippen LogP) is 3.82. The number of rotatable bonds is 4. The molecule has 0 radical (unpaired) electrons. The zero-order chi connectivity index (χ0) is 16.3. The van der Waals surface area contributed by atoms with Crippen LogP contribution in [-0.4, -0.2) is 33.3 Å². The van der Waals surface area contributed by atoms with Crippen molar-refractivity contribution >= 4 is 10.9 Å². The average molecular weight is 328 g/mol. The molecule has 2 aliphatic carbocycles. The van der Waals surface area contributed by atoms with Crippen LogP contribution >= 0.6 is 0 Å². The SMILES string of the molecule is OC(CCc1c[nH]c2cc(F)ccc12)N1C2CC3CC(C2)CC1C3. The van der Waals surface area contributed by atoms with E-state index in [0.29, 0.717) is 12.1 Å². The quantitative estimate of drug-likeness (QED) is 0.895. The van der Waals surface area contributed by atoms with Gasteiger partial charge in [-0.25, -0.2) is 4.39 Å². The lowest BCUT2D eigenvalue weighted by Gasteiger charge is -2.57. The van der Waals surface area contributed by atoms with E-state index in [1.807, 2.05) is 12.3 Å². The van der Waals surface area contributed by atoms with Gasteiger partial charge in [0.15, 0.2) is 0 Å². The first kappa shape index (κ1) is 14.9. The Balaban J connectivity index is 1.29. The summed E-state index contributed by atoms with van der Waals surface area (Å²) >= 11 is 0. The van der Waals surface area contributed by atoms with E-state index in [2.05, 4.69) is 9.88 Å². The van der Waals surface area contributed by atoms with E-state index in [-0.39, 0.29) is 12.0 Å². The summed E-state index contributed by atoms with van der Waals surface area (Å²) in [6, 6.07) is 6.10. The van der Waals surface area contributed by atoms with Gasteiger partial charge in [-0.05, 0) is 80.5 Å². The van der Waals surface area contributed by atoms with E-state index in [0.717, 1.165) is 35.6 Å². The fraction of sp³-hybridized carbons (Fsp3) is 0.600. The van der Waals surface area contributed by atoms with Crippen LogP contribution in [0.3, 0.4) is 0 Å². The Labute approximate surface area is 141 Å². The molecule has 4 fully saturated rings. The molecular weight excluding hydrogens is 303 g/mol. The van der Waals surface area contributed by atoms with Gasteiger partial charge in [-0.3, -0.25) is 4.90 Å². The highest BCUT2D eigenvalue weighted by Gasteiger charge is 2.48. The van der Waals surface area contributed by atoms with Crippen LogP contribution in [0.25, 0.3) is 10.9 Å². The standard InChI is InChI=1S/C20H25FN2O/c21-15-2-3-18-14(11-22-19(18)10-15)1-4-20(24)23-16-6-12-5-13(8-16)9-17(23)7-12/h2-3,10-13,16-17,20,22,24H,1,4-9H2. The Morgan fingerprint density at radius 1 is 1.12 bits per heavy atom. The van der Waals surface area contributed by atoms with Crippen molar-refractivity contribution in [3.8, 4) is 0 Å². The van der Waals surface area contributed by atoms with Gasteiger partial charge >= 0.3 is 0 Å². The van der Waals surface area contributed by atoms with Gasteiger partial charge in [-0.1, -0.05) is 0 Å². The number of aliphatic hydroxyl groups excluding tert-OH is 1. The number of hydrogen-bond donors (Lipinski definition) is 2. The third-order valence-electron chi connectivity index (χ3n) is 6.68. The van der Waals surface area contributed by atoms with Crippen LogP contribution in [0.4, 0.5) is 4.39 Å². The summed E-state index contributed by atoms with van der Waals surface area (Å²) in [7, 11) is 0. The maximum atomic E-state index is 13.3. The second-order valence-electron chi connectivity index (χ2n) is 8.19. The Bertz CT molecular complexity index is 727. The summed E-state index contributed by atoms with van der Waals surface area (Å²) < 4.78 is 13.3.